The highest BCUT2D eigenvalue weighted by Crippen LogP contribution is 2.04. The average Bonchev–Trinajstić information content (AvgIpc) is 2.57. The van der Waals surface area contributed by atoms with Crippen LogP contribution in [0.4, 0.5) is 0 Å². The number of rotatable bonds is 7. The zero-order valence-electron chi connectivity index (χ0n) is 13.1. The third-order valence-corrected chi connectivity index (χ3v) is 2.90. The predicted octanol–water partition coefficient (Wildman–Crippen LogP) is 0.746. The van der Waals surface area contributed by atoms with Crippen LogP contribution in [0.15, 0.2) is 24.3 Å². The number of ether oxygens (including phenoxy) is 1. The Morgan fingerprint density at radius 3 is 2.48 bits per heavy atom. The Labute approximate surface area is 134 Å². The largest absolute Gasteiger partial charge is 0.452 e. The van der Waals surface area contributed by atoms with Crippen LogP contribution < -0.4 is 10.6 Å². The van der Waals surface area contributed by atoms with E-state index in [0.717, 1.165) is 6.42 Å². The van der Waals surface area contributed by atoms with Gasteiger partial charge >= 0.3 is 5.97 Å². The summed E-state index contributed by atoms with van der Waals surface area (Å²) in [5.41, 5.74) is 0.664. The summed E-state index contributed by atoms with van der Waals surface area (Å²) in [6.45, 7) is 3.52. The molecule has 0 fully saturated rings. The molecule has 1 rings (SSSR count). The molecule has 0 aliphatic rings. The number of carbonyl (C=O) groups excluding carboxylic acids is 3. The second kappa shape index (κ2) is 9.20. The molecule has 0 aliphatic heterocycles. The summed E-state index contributed by atoms with van der Waals surface area (Å²) in [6.07, 6.45) is 0.800. The summed E-state index contributed by atoms with van der Waals surface area (Å²) < 4.78 is 4.86. The molecule has 0 radical (unpaired) electrons. The van der Waals surface area contributed by atoms with E-state index >= 15 is 0 Å². The van der Waals surface area contributed by atoms with Gasteiger partial charge in [0, 0.05) is 6.54 Å². The van der Waals surface area contributed by atoms with E-state index < -0.39 is 24.5 Å². The van der Waals surface area contributed by atoms with Crippen LogP contribution in [-0.4, -0.2) is 37.0 Å². The van der Waals surface area contributed by atoms with Gasteiger partial charge in [0.25, 0.3) is 5.91 Å². The molecule has 0 aliphatic carbocycles. The van der Waals surface area contributed by atoms with Gasteiger partial charge in [-0.1, -0.05) is 6.92 Å². The minimum atomic E-state index is -0.706. The second-order valence-electron chi connectivity index (χ2n) is 4.85. The third kappa shape index (κ3) is 6.18. The normalized spacial score (nSPS) is 11.0. The summed E-state index contributed by atoms with van der Waals surface area (Å²) in [4.78, 5) is 35.0. The highest BCUT2D eigenvalue weighted by atomic mass is 16.5. The zero-order valence-corrected chi connectivity index (χ0v) is 13.1. The SMILES string of the molecule is CCCNC(=O)[C@H](C)NC(=O)COC(=O)c1ccc(C#N)cc1. The Hall–Kier alpha value is -2.88. The smallest absolute Gasteiger partial charge is 0.338 e. The maximum absolute atomic E-state index is 11.7. The molecule has 0 bridgehead atoms. The monoisotopic (exact) mass is 317 g/mol. The van der Waals surface area contributed by atoms with Crippen molar-refractivity contribution in [1.29, 1.82) is 5.26 Å². The number of nitrogens with zero attached hydrogens (tertiary/aromatic N) is 1. The van der Waals surface area contributed by atoms with Crippen molar-refractivity contribution in [2.24, 2.45) is 0 Å². The number of benzene rings is 1. The van der Waals surface area contributed by atoms with Gasteiger partial charge in [-0.15, -0.1) is 0 Å². The topological polar surface area (TPSA) is 108 Å². The van der Waals surface area contributed by atoms with Crippen molar-refractivity contribution in [1.82, 2.24) is 10.6 Å². The molecule has 0 unspecified atom stereocenters. The maximum Gasteiger partial charge on any atom is 0.338 e. The number of hydrogen-bond acceptors (Lipinski definition) is 5. The van der Waals surface area contributed by atoms with Crippen LogP contribution in [0.1, 0.15) is 36.2 Å². The van der Waals surface area contributed by atoms with Gasteiger partial charge in [-0.05, 0) is 37.6 Å². The minimum absolute atomic E-state index is 0.241. The first-order valence-corrected chi connectivity index (χ1v) is 7.22. The van der Waals surface area contributed by atoms with E-state index in [-0.39, 0.29) is 11.5 Å². The molecule has 2 N–H and O–H groups in total. The number of hydrogen-bond donors (Lipinski definition) is 2. The highest BCUT2D eigenvalue weighted by molar-refractivity contribution is 5.92. The molecule has 1 aromatic carbocycles. The highest BCUT2D eigenvalue weighted by Gasteiger charge is 2.16. The Morgan fingerprint density at radius 1 is 1.26 bits per heavy atom. The summed E-state index contributed by atoms with van der Waals surface area (Å²) in [5.74, 6) is -1.53. The zero-order chi connectivity index (χ0) is 17.2. The molecule has 0 saturated carbocycles. The standard InChI is InChI=1S/C16H19N3O4/c1-3-8-18-15(21)11(2)19-14(20)10-23-16(22)13-6-4-12(9-17)5-7-13/h4-7,11H,3,8,10H2,1-2H3,(H,18,21)(H,19,20)/t11-/m0/s1. The van der Waals surface area contributed by atoms with Crippen molar-refractivity contribution in [2.45, 2.75) is 26.3 Å². The van der Waals surface area contributed by atoms with Gasteiger partial charge in [-0.25, -0.2) is 4.79 Å². The molecular weight excluding hydrogens is 298 g/mol. The van der Waals surface area contributed by atoms with Gasteiger partial charge in [-0.2, -0.15) is 5.26 Å². The lowest BCUT2D eigenvalue weighted by Gasteiger charge is -2.13. The summed E-state index contributed by atoms with van der Waals surface area (Å²) >= 11 is 0. The average molecular weight is 317 g/mol. The lowest BCUT2D eigenvalue weighted by Crippen LogP contribution is -2.46. The van der Waals surface area contributed by atoms with Crippen molar-refractivity contribution in [3.63, 3.8) is 0 Å². The molecule has 23 heavy (non-hydrogen) atoms. The fourth-order valence-corrected chi connectivity index (χ4v) is 1.65. The van der Waals surface area contributed by atoms with Gasteiger partial charge in [-0.3, -0.25) is 9.59 Å². The van der Waals surface area contributed by atoms with Crippen molar-refractivity contribution < 1.29 is 19.1 Å². The molecule has 0 spiro atoms. The first-order chi connectivity index (χ1) is 11.0. The quantitative estimate of drug-likeness (QED) is 0.721. The van der Waals surface area contributed by atoms with Gasteiger partial charge in [0.2, 0.25) is 5.91 Å². The van der Waals surface area contributed by atoms with Crippen molar-refractivity contribution in [3.05, 3.63) is 35.4 Å². The van der Waals surface area contributed by atoms with E-state index in [1.54, 1.807) is 6.92 Å². The van der Waals surface area contributed by atoms with E-state index in [9.17, 15) is 14.4 Å². The Morgan fingerprint density at radius 2 is 1.91 bits per heavy atom. The van der Waals surface area contributed by atoms with Crippen LogP contribution >= 0.6 is 0 Å². The molecule has 1 atom stereocenters. The number of nitrogens with one attached hydrogen (secondary N) is 2. The van der Waals surface area contributed by atoms with Crippen LogP contribution in [0.2, 0.25) is 0 Å². The molecule has 1 aromatic rings. The summed E-state index contributed by atoms with van der Waals surface area (Å²) in [6, 6.07) is 7.08. The van der Waals surface area contributed by atoms with Gasteiger partial charge in [0.15, 0.2) is 6.61 Å². The van der Waals surface area contributed by atoms with Gasteiger partial charge in [0.05, 0.1) is 17.2 Å². The maximum atomic E-state index is 11.7. The molecule has 0 heterocycles. The Bertz CT molecular complexity index is 605. The van der Waals surface area contributed by atoms with Crippen molar-refractivity contribution >= 4 is 17.8 Å². The molecule has 7 nitrogen and oxygen atoms in total. The Kier molecular flexibility index (Phi) is 7.27. The van der Waals surface area contributed by atoms with Crippen LogP contribution in [0.3, 0.4) is 0 Å². The van der Waals surface area contributed by atoms with Crippen molar-refractivity contribution in [3.8, 4) is 6.07 Å². The van der Waals surface area contributed by atoms with E-state index in [0.29, 0.717) is 12.1 Å². The van der Waals surface area contributed by atoms with E-state index in [4.69, 9.17) is 10.00 Å². The second-order valence-corrected chi connectivity index (χ2v) is 4.85. The van der Waals surface area contributed by atoms with E-state index in [1.165, 1.54) is 24.3 Å². The van der Waals surface area contributed by atoms with Crippen LogP contribution in [-0.2, 0) is 14.3 Å². The number of carbonyl (C=O) groups is 3. The lowest BCUT2D eigenvalue weighted by atomic mass is 10.1. The van der Waals surface area contributed by atoms with Gasteiger partial charge in [0.1, 0.15) is 6.04 Å². The summed E-state index contributed by atoms with van der Waals surface area (Å²) in [7, 11) is 0. The van der Waals surface area contributed by atoms with Crippen LogP contribution in [0, 0.1) is 11.3 Å². The molecule has 7 heteroatoms. The number of esters is 1. The number of amides is 2. The van der Waals surface area contributed by atoms with Crippen LogP contribution in [0.5, 0.6) is 0 Å². The van der Waals surface area contributed by atoms with Gasteiger partial charge < -0.3 is 15.4 Å². The summed E-state index contributed by atoms with van der Waals surface area (Å²) in [5, 5.41) is 13.8. The van der Waals surface area contributed by atoms with Crippen LogP contribution in [0.25, 0.3) is 0 Å². The molecular formula is C16H19N3O4. The van der Waals surface area contributed by atoms with Crippen molar-refractivity contribution in [2.75, 3.05) is 13.2 Å². The first kappa shape index (κ1) is 18.2. The molecule has 2 amide bonds. The third-order valence-electron chi connectivity index (χ3n) is 2.90. The lowest BCUT2D eigenvalue weighted by molar-refractivity contribution is -0.130. The van der Waals surface area contributed by atoms with E-state index in [1.807, 2.05) is 13.0 Å². The molecule has 0 aromatic heterocycles. The first-order valence-electron chi connectivity index (χ1n) is 7.22. The predicted molar refractivity (Wildman–Crippen MR) is 82.3 cm³/mol. The molecule has 0 saturated heterocycles. The number of nitriles is 1. The van der Waals surface area contributed by atoms with E-state index in [2.05, 4.69) is 10.6 Å². The Balaban J connectivity index is 2.41. The fraction of sp³-hybridized carbons (Fsp3) is 0.375. The molecule has 122 valence electrons. The minimum Gasteiger partial charge on any atom is -0.452 e. The fourth-order valence-electron chi connectivity index (χ4n) is 1.65.